The summed E-state index contributed by atoms with van der Waals surface area (Å²) < 4.78 is 0. The van der Waals surface area contributed by atoms with E-state index in [9.17, 15) is 9.59 Å². The van der Waals surface area contributed by atoms with Gasteiger partial charge in [-0.15, -0.1) is 22.7 Å². The molecule has 0 aromatic carbocycles. The van der Waals surface area contributed by atoms with E-state index in [1.165, 1.54) is 34.5 Å². The molecule has 18 heavy (non-hydrogen) atoms. The van der Waals surface area contributed by atoms with E-state index in [-0.39, 0.29) is 11.7 Å². The highest BCUT2D eigenvalue weighted by molar-refractivity contribution is 7.15. The number of carbonyl (C=O) groups excluding carboxylic acids is 2. The van der Waals surface area contributed by atoms with Crippen LogP contribution in [0.15, 0.2) is 17.5 Å². The van der Waals surface area contributed by atoms with Gasteiger partial charge in [0.05, 0.1) is 4.88 Å². The molecule has 2 aromatic heterocycles. The van der Waals surface area contributed by atoms with Gasteiger partial charge in [-0.2, -0.15) is 0 Å². The number of aryl methyl sites for hydroxylation is 1. The standard InChI is InChI=1S/C12H12N2O2S2/c1-3-8-4-5-10(18-8)11(16)14-12-13-9(6-17-12)7(2)15/h4-6H,3H2,1-2H3,(H,13,14,16). The number of hydrogen-bond acceptors (Lipinski definition) is 5. The minimum atomic E-state index is -0.177. The van der Waals surface area contributed by atoms with Crippen molar-refractivity contribution in [1.82, 2.24) is 4.98 Å². The molecule has 0 spiro atoms. The van der Waals surface area contributed by atoms with Gasteiger partial charge in [-0.25, -0.2) is 4.98 Å². The van der Waals surface area contributed by atoms with Crippen LogP contribution in [0.4, 0.5) is 5.13 Å². The van der Waals surface area contributed by atoms with E-state index in [1.807, 2.05) is 13.0 Å². The molecule has 4 nitrogen and oxygen atoms in total. The molecule has 0 aliphatic rings. The zero-order chi connectivity index (χ0) is 13.1. The number of nitrogens with one attached hydrogen (secondary N) is 1. The molecule has 2 heterocycles. The van der Waals surface area contributed by atoms with Crippen LogP contribution in [0, 0.1) is 0 Å². The predicted molar refractivity (Wildman–Crippen MR) is 73.8 cm³/mol. The van der Waals surface area contributed by atoms with Gasteiger partial charge in [-0.1, -0.05) is 6.92 Å². The lowest BCUT2D eigenvalue weighted by Gasteiger charge is -1.97. The molecule has 0 aliphatic carbocycles. The van der Waals surface area contributed by atoms with Crippen LogP contribution < -0.4 is 5.32 Å². The second kappa shape index (κ2) is 5.41. The number of anilines is 1. The minimum Gasteiger partial charge on any atom is -0.297 e. The van der Waals surface area contributed by atoms with E-state index in [0.29, 0.717) is 15.7 Å². The fourth-order valence-corrected chi connectivity index (χ4v) is 2.93. The number of thiazole rings is 1. The van der Waals surface area contributed by atoms with Crippen LogP contribution >= 0.6 is 22.7 Å². The molecule has 0 saturated carbocycles. The topological polar surface area (TPSA) is 59.1 Å². The SMILES string of the molecule is CCc1ccc(C(=O)Nc2nc(C(C)=O)cs2)s1. The Kier molecular flexibility index (Phi) is 3.88. The Hall–Kier alpha value is -1.53. The molecule has 6 heteroatoms. The number of nitrogens with zero attached hydrogens (tertiary/aromatic N) is 1. The zero-order valence-electron chi connectivity index (χ0n) is 10.0. The Morgan fingerprint density at radius 2 is 2.17 bits per heavy atom. The maximum Gasteiger partial charge on any atom is 0.267 e. The summed E-state index contributed by atoms with van der Waals surface area (Å²) >= 11 is 2.73. The molecular formula is C12H12N2O2S2. The van der Waals surface area contributed by atoms with Gasteiger partial charge >= 0.3 is 0 Å². The maximum absolute atomic E-state index is 11.9. The molecule has 94 valence electrons. The highest BCUT2D eigenvalue weighted by Gasteiger charge is 2.12. The van der Waals surface area contributed by atoms with Gasteiger partial charge in [0.15, 0.2) is 10.9 Å². The lowest BCUT2D eigenvalue weighted by atomic mass is 10.3. The molecule has 0 fully saturated rings. The summed E-state index contributed by atoms with van der Waals surface area (Å²) in [5.41, 5.74) is 0.385. The second-order valence-electron chi connectivity index (χ2n) is 3.67. The Bertz CT molecular complexity index is 586. The van der Waals surface area contributed by atoms with Crippen molar-refractivity contribution < 1.29 is 9.59 Å². The number of ketones is 1. The van der Waals surface area contributed by atoms with E-state index < -0.39 is 0 Å². The molecule has 0 aliphatic heterocycles. The van der Waals surface area contributed by atoms with Crippen molar-refractivity contribution in [1.29, 1.82) is 0 Å². The van der Waals surface area contributed by atoms with Crippen LogP contribution in [0.2, 0.25) is 0 Å². The van der Waals surface area contributed by atoms with E-state index in [1.54, 1.807) is 11.4 Å². The van der Waals surface area contributed by atoms with Gasteiger partial charge in [-0.05, 0) is 18.6 Å². The summed E-state index contributed by atoms with van der Waals surface area (Å²) in [6.45, 7) is 3.50. The Labute approximate surface area is 113 Å². The van der Waals surface area contributed by atoms with Crippen molar-refractivity contribution in [2.75, 3.05) is 5.32 Å². The van der Waals surface area contributed by atoms with Gasteiger partial charge in [0.25, 0.3) is 5.91 Å². The molecule has 2 aromatic rings. The highest BCUT2D eigenvalue weighted by Crippen LogP contribution is 2.20. The summed E-state index contributed by atoms with van der Waals surface area (Å²) in [4.78, 5) is 28.9. The van der Waals surface area contributed by atoms with Crippen LogP contribution in [-0.4, -0.2) is 16.7 Å². The van der Waals surface area contributed by atoms with Crippen LogP contribution in [0.1, 0.15) is 38.9 Å². The van der Waals surface area contributed by atoms with Crippen molar-refractivity contribution >= 4 is 39.5 Å². The third kappa shape index (κ3) is 2.83. The number of hydrogen-bond donors (Lipinski definition) is 1. The maximum atomic E-state index is 11.9. The van der Waals surface area contributed by atoms with Crippen LogP contribution in [0.25, 0.3) is 0 Å². The normalized spacial score (nSPS) is 10.3. The summed E-state index contributed by atoms with van der Waals surface area (Å²) in [7, 11) is 0. The van der Waals surface area contributed by atoms with Gasteiger partial charge in [0.1, 0.15) is 5.69 Å². The van der Waals surface area contributed by atoms with Crippen molar-refractivity contribution in [2.24, 2.45) is 0 Å². The second-order valence-corrected chi connectivity index (χ2v) is 5.69. The molecule has 0 radical (unpaired) electrons. The van der Waals surface area contributed by atoms with E-state index in [2.05, 4.69) is 10.3 Å². The molecule has 2 rings (SSSR count). The van der Waals surface area contributed by atoms with Gasteiger partial charge in [0.2, 0.25) is 0 Å². The lowest BCUT2D eigenvalue weighted by Crippen LogP contribution is -2.10. The number of Topliss-reactive ketones (excluding diaryl/α,β-unsaturated/α-hetero) is 1. The molecule has 1 amide bonds. The smallest absolute Gasteiger partial charge is 0.267 e. The van der Waals surface area contributed by atoms with Gasteiger partial charge in [0, 0.05) is 17.2 Å². The number of amides is 1. The minimum absolute atomic E-state index is 0.101. The number of thiophene rings is 1. The Morgan fingerprint density at radius 1 is 1.39 bits per heavy atom. The van der Waals surface area contributed by atoms with E-state index in [0.717, 1.165) is 6.42 Å². The first kappa shape index (κ1) is 12.9. The average Bonchev–Trinajstić information content (AvgIpc) is 2.96. The zero-order valence-corrected chi connectivity index (χ0v) is 11.7. The first-order chi connectivity index (χ1) is 8.60. The predicted octanol–water partition coefficient (Wildman–Crippen LogP) is 3.22. The molecule has 0 saturated heterocycles. The van der Waals surface area contributed by atoms with Crippen molar-refractivity contribution in [3.63, 3.8) is 0 Å². The van der Waals surface area contributed by atoms with Crippen molar-refractivity contribution in [3.05, 3.63) is 33.0 Å². The van der Waals surface area contributed by atoms with Gasteiger partial charge in [-0.3, -0.25) is 14.9 Å². The summed E-state index contributed by atoms with van der Waals surface area (Å²) in [5.74, 6) is -0.278. The number of carbonyl (C=O) groups is 2. The molecule has 0 atom stereocenters. The van der Waals surface area contributed by atoms with Crippen LogP contribution in [0.3, 0.4) is 0 Å². The third-order valence-corrected chi connectivity index (χ3v) is 4.31. The largest absolute Gasteiger partial charge is 0.297 e. The van der Waals surface area contributed by atoms with E-state index >= 15 is 0 Å². The van der Waals surface area contributed by atoms with Crippen molar-refractivity contribution in [2.45, 2.75) is 20.3 Å². The lowest BCUT2D eigenvalue weighted by molar-refractivity contribution is 0.100. The third-order valence-electron chi connectivity index (χ3n) is 2.32. The van der Waals surface area contributed by atoms with Crippen LogP contribution in [0.5, 0.6) is 0 Å². The highest BCUT2D eigenvalue weighted by atomic mass is 32.1. The van der Waals surface area contributed by atoms with Crippen molar-refractivity contribution in [3.8, 4) is 0 Å². The summed E-state index contributed by atoms with van der Waals surface area (Å²) in [6.07, 6.45) is 0.920. The fourth-order valence-electron chi connectivity index (χ4n) is 1.34. The van der Waals surface area contributed by atoms with Crippen LogP contribution in [-0.2, 0) is 6.42 Å². The van der Waals surface area contributed by atoms with E-state index in [4.69, 9.17) is 0 Å². The average molecular weight is 280 g/mol. The fraction of sp³-hybridized carbons (Fsp3) is 0.250. The summed E-state index contributed by atoms with van der Waals surface area (Å²) in [6, 6.07) is 3.75. The molecule has 1 N–H and O–H groups in total. The molecular weight excluding hydrogens is 268 g/mol. The molecule has 0 bridgehead atoms. The number of rotatable bonds is 4. The first-order valence-corrected chi connectivity index (χ1v) is 7.16. The Balaban J connectivity index is 2.08. The molecule has 0 unspecified atom stereocenters. The first-order valence-electron chi connectivity index (χ1n) is 5.46. The summed E-state index contributed by atoms with van der Waals surface area (Å²) in [5, 5.41) is 4.80. The Morgan fingerprint density at radius 3 is 2.72 bits per heavy atom. The monoisotopic (exact) mass is 280 g/mol. The quantitative estimate of drug-likeness (QED) is 0.875. The van der Waals surface area contributed by atoms with Gasteiger partial charge < -0.3 is 0 Å². The number of aromatic nitrogens is 1.